The summed E-state index contributed by atoms with van der Waals surface area (Å²) in [6.07, 6.45) is 4.56. The molecule has 0 aliphatic carbocycles. The number of benzene rings is 2. The van der Waals surface area contributed by atoms with Gasteiger partial charge in [-0.3, -0.25) is 14.9 Å². The summed E-state index contributed by atoms with van der Waals surface area (Å²) in [7, 11) is 0. The number of halogens is 1. The second-order valence-corrected chi connectivity index (χ2v) is 6.38. The predicted molar refractivity (Wildman–Crippen MR) is 108 cm³/mol. The third-order valence-electron chi connectivity index (χ3n) is 4.06. The number of nitrogens with one attached hydrogen (secondary N) is 2. The molecule has 0 fully saturated rings. The van der Waals surface area contributed by atoms with Gasteiger partial charge < -0.3 is 9.40 Å². The van der Waals surface area contributed by atoms with E-state index >= 15 is 0 Å². The Bertz CT molecular complexity index is 1180. The number of allylic oxidation sites excluding steroid dienone is 1. The van der Waals surface area contributed by atoms with Crippen LogP contribution in [0, 0.1) is 0 Å². The SMILES string of the molecule is O=C(Nc1ccco1)c1ccc(C=CC(=O)c2nc3cccc(Cl)c3[nH]2)cc1. The van der Waals surface area contributed by atoms with Gasteiger partial charge in [0, 0.05) is 11.6 Å². The zero-order chi connectivity index (χ0) is 19.5. The normalized spacial score (nSPS) is 11.2. The monoisotopic (exact) mass is 391 g/mol. The molecule has 138 valence electrons. The van der Waals surface area contributed by atoms with E-state index in [0.29, 0.717) is 27.5 Å². The lowest BCUT2D eigenvalue weighted by Crippen LogP contribution is -2.10. The van der Waals surface area contributed by atoms with Crippen molar-refractivity contribution in [2.24, 2.45) is 0 Å². The molecule has 2 aromatic carbocycles. The number of rotatable bonds is 5. The number of aromatic nitrogens is 2. The largest absolute Gasteiger partial charge is 0.449 e. The molecule has 7 heteroatoms. The number of para-hydroxylation sites is 1. The number of carbonyl (C=O) groups is 2. The summed E-state index contributed by atoms with van der Waals surface area (Å²) in [5.74, 6) is 0.0481. The number of fused-ring (bicyclic) bond motifs is 1. The van der Waals surface area contributed by atoms with E-state index in [1.165, 1.54) is 12.3 Å². The summed E-state index contributed by atoms with van der Waals surface area (Å²) in [5.41, 5.74) is 2.52. The first-order valence-electron chi connectivity index (χ1n) is 8.42. The summed E-state index contributed by atoms with van der Waals surface area (Å²) in [6, 6.07) is 15.5. The highest BCUT2D eigenvalue weighted by Crippen LogP contribution is 2.21. The van der Waals surface area contributed by atoms with Crippen LogP contribution in [0.3, 0.4) is 0 Å². The van der Waals surface area contributed by atoms with E-state index in [1.54, 1.807) is 60.7 Å². The first kappa shape index (κ1) is 17.8. The van der Waals surface area contributed by atoms with Crippen LogP contribution in [0.1, 0.15) is 26.5 Å². The second-order valence-electron chi connectivity index (χ2n) is 5.97. The molecule has 0 bridgehead atoms. The van der Waals surface area contributed by atoms with Gasteiger partial charge in [0.1, 0.15) is 0 Å². The first-order chi connectivity index (χ1) is 13.6. The molecule has 2 N–H and O–H groups in total. The number of ketones is 1. The quantitative estimate of drug-likeness (QED) is 0.372. The standard InChI is InChI=1S/C21H14ClN3O3/c22-15-3-1-4-16-19(15)25-20(23-16)17(26)11-8-13-6-9-14(10-7-13)21(27)24-18-5-2-12-28-18/h1-12H,(H,23,25)(H,24,27). The molecule has 0 atom stereocenters. The van der Waals surface area contributed by atoms with Crippen LogP contribution in [0.15, 0.2) is 71.4 Å². The van der Waals surface area contributed by atoms with Crippen LogP contribution in [-0.4, -0.2) is 21.7 Å². The lowest BCUT2D eigenvalue weighted by Gasteiger charge is -2.02. The maximum atomic E-state index is 12.4. The van der Waals surface area contributed by atoms with E-state index in [9.17, 15) is 9.59 Å². The van der Waals surface area contributed by atoms with E-state index in [2.05, 4.69) is 15.3 Å². The Morgan fingerprint density at radius 3 is 2.61 bits per heavy atom. The number of anilines is 1. The Labute approximate surface area is 164 Å². The molecular weight excluding hydrogens is 378 g/mol. The van der Waals surface area contributed by atoms with Crippen LogP contribution in [-0.2, 0) is 0 Å². The van der Waals surface area contributed by atoms with Crippen LogP contribution < -0.4 is 5.32 Å². The molecule has 0 aliphatic heterocycles. The van der Waals surface area contributed by atoms with Crippen molar-refractivity contribution in [2.75, 3.05) is 5.32 Å². The number of hydrogen-bond acceptors (Lipinski definition) is 4. The fourth-order valence-electron chi connectivity index (χ4n) is 2.64. The van der Waals surface area contributed by atoms with E-state index in [4.69, 9.17) is 16.0 Å². The second kappa shape index (κ2) is 7.54. The van der Waals surface area contributed by atoms with Crippen LogP contribution in [0.25, 0.3) is 17.1 Å². The first-order valence-corrected chi connectivity index (χ1v) is 8.79. The molecule has 28 heavy (non-hydrogen) atoms. The molecule has 4 aromatic rings. The molecule has 2 aromatic heterocycles. The minimum atomic E-state index is -0.277. The number of aromatic amines is 1. The van der Waals surface area contributed by atoms with Crippen LogP contribution in [0.2, 0.25) is 5.02 Å². The average molecular weight is 392 g/mol. The molecule has 0 saturated heterocycles. The van der Waals surface area contributed by atoms with Crippen molar-refractivity contribution < 1.29 is 14.0 Å². The molecule has 0 spiro atoms. The fraction of sp³-hybridized carbons (Fsp3) is 0. The van der Waals surface area contributed by atoms with Crippen molar-refractivity contribution in [3.8, 4) is 0 Å². The third kappa shape index (κ3) is 3.72. The lowest BCUT2D eigenvalue weighted by atomic mass is 10.1. The molecule has 6 nitrogen and oxygen atoms in total. The zero-order valence-electron chi connectivity index (χ0n) is 14.5. The topological polar surface area (TPSA) is 88.0 Å². The van der Waals surface area contributed by atoms with Gasteiger partial charge in [-0.05, 0) is 42.0 Å². The number of amides is 1. The number of H-pyrrole nitrogens is 1. The summed E-state index contributed by atoms with van der Waals surface area (Å²) in [6.45, 7) is 0. The van der Waals surface area contributed by atoms with E-state index in [0.717, 1.165) is 5.56 Å². The Morgan fingerprint density at radius 2 is 1.89 bits per heavy atom. The molecule has 0 aliphatic rings. The van der Waals surface area contributed by atoms with E-state index < -0.39 is 0 Å². The zero-order valence-corrected chi connectivity index (χ0v) is 15.2. The van der Waals surface area contributed by atoms with Crippen LogP contribution in [0.5, 0.6) is 0 Å². The van der Waals surface area contributed by atoms with Crippen molar-refractivity contribution in [1.29, 1.82) is 0 Å². The van der Waals surface area contributed by atoms with Crippen molar-refractivity contribution >= 4 is 46.3 Å². The Kier molecular flexibility index (Phi) is 4.78. The Hall–Kier alpha value is -3.64. The molecular formula is C21H14ClN3O3. The molecule has 1 amide bonds. The molecule has 0 saturated carbocycles. The minimum Gasteiger partial charge on any atom is -0.449 e. The van der Waals surface area contributed by atoms with Crippen molar-refractivity contribution in [3.63, 3.8) is 0 Å². The highest BCUT2D eigenvalue weighted by molar-refractivity contribution is 6.35. The van der Waals surface area contributed by atoms with Gasteiger partial charge >= 0.3 is 0 Å². The molecule has 0 radical (unpaired) electrons. The van der Waals surface area contributed by atoms with Gasteiger partial charge in [-0.2, -0.15) is 0 Å². The van der Waals surface area contributed by atoms with Gasteiger partial charge in [0.15, 0.2) is 11.7 Å². The minimum absolute atomic E-state index is 0.216. The van der Waals surface area contributed by atoms with Gasteiger partial charge in [-0.15, -0.1) is 0 Å². The van der Waals surface area contributed by atoms with Crippen molar-refractivity contribution in [2.45, 2.75) is 0 Å². The smallest absolute Gasteiger partial charge is 0.257 e. The number of nitrogens with zero attached hydrogens (tertiary/aromatic N) is 1. The molecule has 2 heterocycles. The number of carbonyl (C=O) groups excluding carboxylic acids is 2. The molecule has 0 unspecified atom stereocenters. The highest BCUT2D eigenvalue weighted by Gasteiger charge is 2.11. The van der Waals surface area contributed by atoms with E-state index in [-0.39, 0.29) is 17.5 Å². The maximum Gasteiger partial charge on any atom is 0.257 e. The summed E-state index contributed by atoms with van der Waals surface area (Å²) >= 11 is 6.09. The van der Waals surface area contributed by atoms with Gasteiger partial charge in [0.2, 0.25) is 5.78 Å². The van der Waals surface area contributed by atoms with Crippen LogP contribution in [0.4, 0.5) is 5.88 Å². The third-order valence-corrected chi connectivity index (χ3v) is 4.37. The summed E-state index contributed by atoms with van der Waals surface area (Å²) in [5, 5.41) is 3.16. The van der Waals surface area contributed by atoms with E-state index in [1.807, 2.05) is 0 Å². The Morgan fingerprint density at radius 1 is 1.07 bits per heavy atom. The van der Waals surface area contributed by atoms with Gasteiger partial charge in [-0.1, -0.05) is 35.9 Å². The summed E-state index contributed by atoms with van der Waals surface area (Å²) in [4.78, 5) is 31.7. The van der Waals surface area contributed by atoms with Gasteiger partial charge in [0.25, 0.3) is 5.91 Å². The number of furan rings is 1. The molecule has 4 rings (SSSR count). The van der Waals surface area contributed by atoms with Gasteiger partial charge in [0.05, 0.1) is 22.3 Å². The average Bonchev–Trinajstić information content (AvgIpc) is 3.37. The number of hydrogen-bond donors (Lipinski definition) is 2. The summed E-state index contributed by atoms with van der Waals surface area (Å²) < 4.78 is 5.09. The van der Waals surface area contributed by atoms with Crippen molar-refractivity contribution in [1.82, 2.24) is 9.97 Å². The fourth-order valence-corrected chi connectivity index (χ4v) is 2.86. The van der Waals surface area contributed by atoms with Crippen molar-refractivity contribution in [3.05, 3.63) is 88.9 Å². The van der Waals surface area contributed by atoms with Crippen LogP contribution >= 0.6 is 11.6 Å². The lowest BCUT2D eigenvalue weighted by molar-refractivity contribution is 0.102. The Balaban J connectivity index is 1.45. The predicted octanol–water partition coefficient (Wildman–Crippen LogP) is 4.96. The number of imidazole rings is 1. The maximum absolute atomic E-state index is 12.4. The van der Waals surface area contributed by atoms with Gasteiger partial charge in [-0.25, -0.2) is 4.98 Å². The highest BCUT2D eigenvalue weighted by atomic mass is 35.5.